The third-order valence-electron chi connectivity index (χ3n) is 3.23. The van der Waals surface area contributed by atoms with Gasteiger partial charge >= 0.3 is 6.03 Å². The summed E-state index contributed by atoms with van der Waals surface area (Å²) in [6, 6.07) is 7.92. The SMILES string of the molecule is CCCNCc1cccc(NC(=O)N2CCOCC2)c1. The van der Waals surface area contributed by atoms with E-state index < -0.39 is 0 Å². The number of amides is 2. The van der Waals surface area contributed by atoms with Crippen LogP contribution >= 0.6 is 0 Å². The van der Waals surface area contributed by atoms with Crippen LogP contribution in [0.1, 0.15) is 18.9 Å². The van der Waals surface area contributed by atoms with Gasteiger partial charge in [-0.3, -0.25) is 0 Å². The summed E-state index contributed by atoms with van der Waals surface area (Å²) in [7, 11) is 0. The van der Waals surface area contributed by atoms with Crippen molar-refractivity contribution in [3.8, 4) is 0 Å². The Bertz CT molecular complexity index is 431. The molecule has 1 aliphatic rings. The number of ether oxygens (including phenoxy) is 1. The van der Waals surface area contributed by atoms with Crippen LogP contribution in [-0.4, -0.2) is 43.8 Å². The first kappa shape index (κ1) is 14.8. The third-order valence-corrected chi connectivity index (χ3v) is 3.23. The van der Waals surface area contributed by atoms with Gasteiger partial charge < -0.3 is 20.3 Å². The van der Waals surface area contributed by atoms with E-state index in [-0.39, 0.29) is 6.03 Å². The molecule has 1 aromatic carbocycles. The Kier molecular flexibility index (Phi) is 5.83. The molecule has 1 saturated heterocycles. The average molecular weight is 277 g/mol. The lowest BCUT2D eigenvalue weighted by Crippen LogP contribution is -2.43. The first-order valence-electron chi connectivity index (χ1n) is 7.23. The highest BCUT2D eigenvalue weighted by atomic mass is 16.5. The molecule has 0 atom stereocenters. The van der Waals surface area contributed by atoms with E-state index in [2.05, 4.69) is 23.6 Å². The molecule has 110 valence electrons. The first-order valence-corrected chi connectivity index (χ1v) is 7.23. The lowest BCUT2D eigenvalue weighted by Gasteiger charge is -2.27. The number of hydrogen-bond donors (Lipinski definition) is 2. The minimum absolute atomic E-state index is 0.0491. The highest BCUT2D eigenvalue weighted by molar-refractivity contribution is 5.89. The number of rotatable bonds is 5. The largest absolute Gasteiger partial charge is 0.378 e. The smallest absolute Gasteiger partial charge is 0.321 e. The van der Waals surface area contributed by atoms with E-state index in [4.69, 9.17) is 4.74 Å². The van der Waals surface area contributed by atoms with E-state index in [1.165, 1.54) is 5.56 Å². The van der Waals surface area contributed by atoms with E-state index >= 15 is 0 Å². The van der Waals surface area contributed by atoms with E-state index in [9.17, 15) is 4.79 Å². The minimum Gasteiger partial charge on any atom is -0.378 e. The van der Waals surface area contributed by atoms with Gasteiger partial charge in [0.2, 0.25) is 0 Å². The molecule has 0 unspecified atom stereocenters. The molecule has 1 aliphatic heterocycles. The fraction of sp³-hybridized carbons (Fsp3) is 0.533. The van der Waals surface area contributed by atoms with Crippen molar-refractivity contribution >= 4 is 11.7 Å². The Morgan fingerprint density at radius 1 is 1.35 bits per heavy atom. The maximum Gasteiger partial charge on any atom is 0.321 e. The molecule has 0 aliphatic carbocycles. The third kappa shape index (κ3) is 4.51. The molecule has 1 fully saturated rings. The number of nitrogens with one attached hydrogen (secondary N) is 2. The predicted octanol–water partition coefficient (Wildman–Crippen LogP) is 2.05. The second kappa shape index (κ2) is 7.87. The molecule has 2 amide bonds. The summed E-state index contributed by atoms with van der Waals surface area (Å²) in [6.45, 7) is 6.53. The van der Waals surface area contributed by atoms with E-state index in [0.717, 1.165) is 25.2 Å². The van der Waals surface area contributed by atoms with Crippen LogP contribution in [0.2, 0.25) is 0 Å². The van der Waals surface area contributed by atoms with Crippen molar-refractivity contribution in [3.63, 3.8) is 0 Å². The topological polar surface area (TPSA) is 53.6 Å². The van der Waals surface area contributed by atoms with Gasteiger partial charge in [-0.1, -0.05) is 19.1 Å². The number of benzene rings is 1. The molecule has 2 N–H and O–H groups in total. The molecule has 5 nitrogen and oxygen atoms in total. The average Bonchev–Trinajstić information content (AvgIpc) is 2.49. The van der Waals surface area contributed by atoms with Gasteiger partial charge in [-0.25, -0.2) is 4.79 Å². The molecule has 0 radical (unpaired) electrons. The van der Waals surface area contributed by atoms with Crippen LogP contribution in [-0.2, 0) is 11.3 Å². The van der Waals surface area contributed by atoms with Gasteiger partial charge in [-0.2, -0.15) is 0 Å². The second-order valence-electron chi connectivity index (χ2n) is 4.91. The molecule has 1 aromatic rings. The van der Waals surface area contributed by atoms with Crippen molar-refractivity contribution in [2.24, 2.45) is 0 Å². The molecule has 0 bridgehead atoms. The molecule has 20 heavy (non-hydrogen) atoms. The Balaban J connectivity index is 1.88. The molecule has 1 heterocycles. The summed E-state index contributed by atoms with van der Waals surface area (Å²) in [6.07, 6.45) is 1.12. The van der Waals surface area contributed by atoms with Crippen LogP contribution in [0.15, 0.2) is 24.3 Å². The maximum atomic E-state index is 12.1. The highest BCUT2D eigenvalue weighted by Gasteiger charge is 2.16. The summed E-state index contributed by atoms with van der Waals surface area (Å²) in [4.78, 5) is 13.9. The maximum absolute atomic E-state index is 12.1. The number of carbonyl (C=O) groups is 1. The Morgan fingerprint density at radius 3 is 2.90 bits per heavy atom. The van der Waals surface area contributed by atoms with Crippen molar-refractivity contribution < 1.29 is 9.53 Å². The zero-order valence-electron chi connectivity index (χ0n) is 12.0. The molecule has 2 rings (SSSR count). The molecule has 0 spiro atoms. The monoisotopic (exact) mass is 277 g/mol. The van der Waals surface area contributed by atoms with Crippen molar-refractivity contribution in [1.29, 1.82) is 0 Å². The van der Waals surface area contributed by atoms with Crippen LogP contribution in [0, 0.1) is 0 Å². The van der Waals surface area contributed by atoms with Gasteiger partial charge in [0.1, 0.15) is 0 Å². The number of nitrogens with zero attached hydrogens (tertiary/aromatic N) is 1. The number of carbonyl (C=O) groups excluding carboxylic acids is 1. The molecular formula is C15H23N3O2. The van der Waals surface area contributed by atoms with Gasteiger partial charge in [-0.15, -0.1) is 0 Å². The van der Waals surface area contributed by atoms with Crippen LogP contribution in [0.5, 0.6) is 0 Å². The standard InChI is InChI=1S/C15H23N3O2/c1-2-6-16-12-13-4-3-5-14(11-13)17-15(19)18-7-9-20-10-8-18/h3-5,11,16H,2,6-10,12H2,1H3,(H,17,19). The Labute approximate surface area is 120 Å². The minimum atomic E-state index is -0.0491. The van der Waals surface area contributed by atoms with Crippen molar-refractivity contribution in [2.75, 3.05) is 38.2 Å². The fourth-order valence-electron chi connectivity index (χ4n) is 2.14. The Hall–Kier alpha value is -1.59. The van der Waals surface area contributed by atoms with Gasteiger partial charge in [0.05, 0.1) is 13.2 Å². The first-order chi connectivity index (χ1) is 9.79. The summed E-state index contributed by atoms with van der Waals surface area (Å²) in [5.41, 5.74) is 2.02. The summed E-state index contributed by atoms with van der Waals surface area (Å²) in [5.74, 6) is 0. The number of urea groups is 1. The normalized spacial score (nSPS) is 15.2. The lowest BCUT2D eigenvalue weighted by molar-refractivity contribution is 0.0564. The van der Waals surface area contributed by atoms with Crippen molar-refractivity contribution in [3.05, 3.63) is 29.8 Å². The van der Waals surface area contributed by atoms with Crippen LogP contribution in [0.25, 0.3) is 0 Å². The number of anilines is 1. The zero-order valence-corrected chi connectivity index (χ0v) is 12.0. The van der Waals surface area contributed by atoms with Crippen LogP contribution in [0.4, 0.5) is 10.5 Å². The van der Waals surface area contributed by atoms with Gasteiger partial charge in [0, 0.05) is 25.3 Å². The molecule has 0 aromatic heterocycles. The van der Waals surface area contributed by atoms with Crippen molar-refractivity contribution in [2.45, 2.75) is 19.9 Å². The quantitative estimate of drug-likeness (QED) is 0.810. The predicted molar refractivity (Wildman–Crippen MR) is 79.9 cm³/mol. The zero-order chi connectivity index (χ0) is 14.2. The molecule has 0 saturated carbocycles. The second-order valence-corrected chi connectivity index (χ2v) is 4.91. The van der Waals surface area contributed by atoms with Gasteiger partial charge in [0.15, 0.2) is 0 Å². The number of morpholine rings is 1. The molecule has 5 heteroatoms. The Morgan fingerprint density at radius 2 is 2.15 bits per heavy atom. The summed E-state index contributed by atoms with van der Waals surface area (Å²) in [5, 5.41) is 6.30. The summed E-state index contributed by atoms with van der Waals surface area (Å²) < 4.78 is 5.24. The van der Waals surface area contributed by atoms with E-state index in [1.807, 2.05) is 18.2 Å². The number of hydrogen-bond acceptors (Lipinski definition) is 3. The summed E-state index contributed by atoms with van der Waals surface area (Å²) >= 11 is 0. The fourth-order valence-corrected chi connectivity index (χ4v) is 2.14. The van der Waals surface area contributed by atoms with E-state index in [0.29, 0.717) is 26.3 Å². The molecular weight excluding hydrogens is 254 g/mol. The highest BCUT2D eigenvalue weighted by Crippen LogP contribution is 2.12. The van der Waals surface area contributed by atoms with Crippen LogP contribution < -0.4 is 10.6 Å². The van der Waals surface area contributed by atoms with E-state index in [1.54, 1.807) is 4.90 Å². The van der Waals surface area contributed by atoms with Crippen LogP contribution in [0.3, 0.4) is 0 Å². The van der Waals surface area contributed by atoms with Crippen molar-refractivity contribution in [1.82, 2.24) is 10.2 Å². The lowest BCUT2D eigenvalue weighted by atomic mass is 10.2. The van der Waals surface area contributed by atoms with Gasteiger partial charge in [0.25, 0.3) is 0 Å². The van der Waals surface area contributed by atoms with Gasteiger partial charge in [-0.05, 0) is 30.7 Å².